The molecule has 29 heavy (non-hydrogen) atoms. The van der Waals surface area contributed by atoms with Crippen LogP contribution in [0, 0.1) is 0 Å². The van der Waals surface area contributed by atoms with Crippen molar-refractivity contribution < 1.29 is 86.2 Å². The summed E-state index contributed by atoms with van der Waals surface area (Å²) in [5, 5.41) is 0. The molecular weight excluding hydrogens is 458 g/mol. The van der Waals surface area contributed by atoms with Gasteiger partial charge in [0.2, 0.25) is 10.4 Å². The van der Waals surface area contributed by atoms with E-state index < -0.39 is 46.0 Å². The van der Waals surface area contributed by atoms with Crippen LogP contribution in [-0.2, 0) is 20.5 Å². The molecule has 0 aliphatic rings. The van der Waals surface area contributed by atoms with Gasteiger partial charge in [0, 0.05) is 5.56 Å². The van der Waals surface area contributed by atoms with E-state index in [4.69, 9.17) is 0 Å². The average Bonchev–Trinajstić information content (AvgIpc) is 2.52. The van der Waals surface area contributed by atoms with Crippen LogP contribution < -0.4 is 29.6 Å². The first-order chi connectivity index (χ1) is 12.4. The maximum Gasteiger partial charge on any atom is 1.00 e. The fraction of sp³-hybridized carbons (Fsp3) is 0.571. The minimum Gasteiger partial charge on any atom is -0.726 e. The molecule has 0 N–H and O–H groups in total. The van der Waals surface area contributed by atoms with Gasteiger partial charge in [-0.15, -0.1) is 0 Å². The quantitative estimate of drug-likeness (QED) is 0.252. The molecule has 0 radical (unpaired) electrons. The first-order valence-corrected chi connectivity index (χ1v) is 8.66. The van der Waals surface area contributed by atoms with E-state index in [0.717, 1.165) is 0 Å². The molecule has 162 valence electrons. The fourth-order valence-corrected chi connectivity index (χ4v) is 2.63. The van der Waals surface area contributed by atoms with Crippen molar-refractivity contribution in [3.8, 4) is 0 Å². The summed E-state index contributed by atoms with van der Waals surface area (Å²) in [5.41, 5.74) is -2.16. The normalized spacial score (nSPS) is 15.0. The van der Waals surface area contributed by atoms with Crippen LogP contribution in [0.2, 0.25) is 0 Å². The van der Waals surface area contributed by atoms with Gasteiger partial charge in [0.25, 0.3) is 0 Å². The van der Waals surface area contributed by atoms with E-state index in [9.17, 15) is 52.5 Å². The minimum absolute atomic E-state index is 0. The molecular formula is C14H12F9NaO4S. The van der Waals surface area contributed by atoms with Crippen LogP contribution in [0.4, 0.5) is 39.5 Å². The second-order valence-electron chi connectivity index (χ2n) is 5.62. The van der Waals surface area contributed by atoms with Crippen LogP contribution in [-0.4, -0.2) is 31.0 Å². The van der Waals surface area contributed by atoms with Crippen molar-refractivity contribution >= 4 is 10.4 Å². The SMILES string of the molecule is CCCC(OS(=O)(=O)[O-])c1ccc(C(F)(F)C(F)(F)C(F)(F)C(F)(F)F)cc1.[Na+]. The van der Waals surface area contributed by atoms with Gasteiger partial charge in [0.05, 0.1) is 0 Å². The summed E-state index contributed by atoms with van der Waals surface area (Å²) in [5.74, 6) is -19.8. The Morgan fingerprint density at radius 3 is 1.72 bits per heavy atom. The van der Waals surface area contributed by atoms with Gasteiger partial charge in [-0.3, -0.25) is 4.18 Å². The Bertz CT molecular complexity index is 779. The zero-order chi connectivity index (χ0) is 22.2. The van der Waals surface area contributed by atoms with E-state index in [1.165, 1.54) is 6.92 Å². The number of benzene rings is 1. The second kappa shape index (κ2) is 9.30. The molecule has 1 unspecified atom stereocenters. The maximum atomic E-state index is 13.8. The molecule has 1 aromatic rings. The standard InChI is InChI=1S/C14H13F9O4S.Na/c1-2-3-10(27-28(24,25)26)8-4-6-9(7-5-8)11(15,16)12(17,18)13(19,20)14(21,22)23;/h4-7,10H,2-3H2,1H3,(H,24,25,26);/q;+1/p-1. The first-order valence-electron chi connectivity index (χ1n) is 7.33. The molecule has 0 saturated heterocycles. The summed E-state index contributed by atoms with van der Waals surface area (Å²) in [4.78, 5) is 0. The van der Waals surface area contributed by atoms with E-state index in [2.05, 4.69) is 4.18 Å². The zero-order valence-corrected chi connectivity index (χ0v) is 17.6. The Kier molecular flexibility index (Phi) is 9.13. The van der Waals surface area contributed by atoms with Gasteiger partial charge in [-0.05, 0) is 12.0 Å². The molecule has 1 atom stereocenters. The third-order valence-electron chi connectivity index (χ3n) is 3.57. The van der Waals surface area contributed by atoms with Crippen molar-refractivity contribution in [1.82, 2.24) is 0 Å². The first kappa shape index (κ1) is 28.5. The Balaban J connectivity index is 0.00000784. The summed E-state index contributed by atoms with van der Waals surface area (Å²) in [6, 6.07) is 1.32. The topological polar surface area (TPSA) is 66.4 Å². The predicted octanol–water partition coefficient (Wildman–Crippen LogP) is 1.93. The summed E-state index contributed by atoms with van der Waals surface area (Å²) in [6.07, 6.45) is -8.33. The minimum atomic E-state index is -7.04. The van der Waals surface area contributed by atoms with E-state index in [1.54, 1.807) is 0 Å². The van der Waals surface area contributed by atoms with E-state index in [-0.39, 0.29) is 60.1 Å². The Morgan fingerprint density at radius 1 is 0.931 bits per heavy atom. The molecule has 0 amide bonds. The molecule has 4 nitrogen and oxygen atoms in total. The number of hydrogen-bond donors (Lipinski definition) is 0. The number of halogens is 9. The third-order valence-corrected chi connectivity index (χ3v) is 4.04. The fourth-order valence-electron chi connectivity index (χ4n) is 2.14. The van der Waals surface area contributed by atoms with E-state index >= 15 is 0 Å². The molecule has 0 saturated carbocycles. The number of rotatable bonds is 8. The second-order valence-corrected chi connectivity index (χ2v) is 6.63. The van der Waals surface area contributed by atoms with Crippen molar-refractivity contribution in [1.29, 1.82) is 0 Å². The van der Waals surface area contributed by atoms with Gasteiger partial charge < -0.3 is 4.55 Å². The van der Waals surface area contributed by atoms with Gasteiger partial charge in [0.15, 0.2) is 0 Å². The van der Waals surface area contributed by atoms with Crippen molar-refractivity contribution in [2.45, 2.75) is 49.8 Å². The van der Waals surface area contributed by atoms with Crippen molar-refractivity contribution in [2.24, 2.45) is 0 Å². The van der Waals surface area contributed by atoms with Gasteiger partial charge in [-0.2, -0.15) is 39.5 Å². The van der Waals surface area contributed by atoms with Crippen molar-refractivity contribution in [2.75, 3.05) is 0 Å². The van der Waals surface area contributed by atoms with E-state index in [0.29, 0.717) is 12.1 Å². The maximum absolute atomic E-state index is 13.8. The zero-order valence-electron chi connectivity index (χ0n) is 14.7. The smallest absolute Gasteiger partial charge is 0.726 e. The van der Waals surface area contributed by atoms with Crippen LogP contribution in [0.3, 0.4) is 0 Å². The molecule has 1 aromatic carbocycles. The summed E-state index contributed by atoms with van der Waals surface area (Å²) in [7, 11) is -5.23. The summed E-state index contributed by atoms with van der Waals surface area (Å²) in [6.45, 7) is 1.52. The van der Waals surface area contributed by atoms with Crippen LogP contribution >= 0.6 is 0 Å². The molecule has 0 aliphatic carbocycles. The Morgan fingerprint density at radius 2 is 1.38 bits per heavy atom. The van der Waals surface area contributed by atoms with Gasteiger partial charge in [-0.25, -0.2) is 8.42 Å². The molecule has 0 fully saturated rings. The van der Waals surface area contributed by atoms with Crippen LogP contribution in [0.15, 0.2) is 24.3 Å². The predicted molar refractivity (Wildman–Crippen MR) is 74.7 cm³/mol. The Hall–Kier alpha value is -0.540. The van der Waals surface area contributed by atoms with Crippen LogP contribution in [0.5, 0.6) is 0 Å². The van der Waals surface area contributed by atoms with Gasteiger partial charge in [0.1, 0.15) is 6.10 Å². The molecule has 0 heterocycles. The largest absolute Gasteiger partial charge is 1.00 e. The molecule has 0 aliphatic heterocycles. The molecule has 0 bridgehead atoms. The average molecular weight is 470 g/mol. The summed E-state index contributed by atoms with van der Waals surface area (Å²) < 4.78 is 153. The summed E-state index contributed by atoms with van der Waals surface area (Å²) >= 11 is 0. The van der Waals surface area contributed by atoms with Crippen LogP contribution in [0.1, 0.15) is 37.0 Å². The van der Waals surface area contributed by atoms with Gasteiger partial charge in [-0.1, -0.05) is 37.6 Å². The van der Waals surface area contributed by atoms with Crippen molar-refractivity contribution in [3.05, 3.63) is 35.4 Å². The molecule has 1 rings (SSSR count). The molecule has 15 heteroatoms. The monoisotopic (exact) mass is 470 g/mol. The van der Waals surface area contributed by atoms with Crippen molar-refractivity contribution in [3.63, 3.8) is 0 Å². The Labute approximate surface area is 181 Å². The number of hydrogen-bond acceptors (Lipinski definition) is 4. The molecule has 0 spiro atoms. The van der Waals surface area contributed by atoms with Gasteiger partial charge >= 0.3 is 53.5 Å². The number of alkyl halides is 9. The van der Waals surface area contributed by atoms with E-state index in [1.807, 2.05) is 0 Å². The van der Waals surface area contributed by atoms with Crippen LogP contribution in [0.25, 0.3) is 0 Å². The molecule has 0 aromatic heterocycles. The third kappa shape index (κ3) is 6.00.